The summed E-state index contributed by atoms with van der Waals surface area (Å²) in [6, 6.07) is 18.5. The van der Waals surface area contributed by atoms with Gasteiger partial charge in [-0.15, -0.1) is 0 Å². The summed E-state index contributed by atoms with van der Waals surface area (Å²) in [6.45, 7) is 1.92. The molecule has 0 saturated carbocycles. The number of carbonyl (C=O) groups excluding carboxylic acids is 4. The first-order valence-electron chi connectivity index (χ1n) is 11.0. The van der Waals surface area contributed by atoms with Gasteiger partial charge in [0.15, 0.2) is 0 Å². The molecule has 3 aromatic rings. The highest BCUT2D eigenvalue weighted by atomic mass is 79.9. The number of hydrogen-bond acceptors (Lipinski definition) is 5. The van der Waals surface area contributed by atoms with Crippen molar-refractivity contribution in [1.82, 2.24) is 0 Å². The Hall–Kier alpha value is -3.13. The van der Waals surface area contributed by atoms with Crippen LogP contribution < -0.4 is 4.90 Å². The minimum atomic E-state index is -2.12. The lowest BCUT2D eigenvalue weighted by Gasteiger charge is -2.27. The number of ether oxygens (including phenoxy) is 1. The van der Waals surface area contributed by atoms with Gasteiger partial charge < -0.3 is 4.74 Å². The molecule has 3 aromatic carbocycles. The van der Waals surface area contributed by atoms with Gasteiger partial charge in [0.05, 0.1) is 28.6 Å². The number of anilines is 1. The highest BCUT2D eigenvalue weighted by Gasteiger charge is 2.74. The third-order valence-corrected chi connectivity index (χ3v) is 7.89. The van der Waals surface area contributed by atoms with E-state index in [1.165, 1.54) is 0 Å². The van der Waals surface area contributed by atoms with Crippen LogP contribution in [0.4, 0.5) is 5.69 Å². The van der Waals surface area contributed by atoms with Gasteiger partial charge >= 0.3 is 0 Å². The van der Waals surface area contributed by atoms with Gasteiger partial charge in [-0.25, -0.2) is 4.90 Å². The number of halogens is 2. The Kier molecular flexibility index (Phi) is 4.90. The summed E-state index contributed by atoms with van der Waals surface area (Å²) in [7, 11) is 0. The average Bonchev–Trinajstić information content (AvgIpc) is 3.40. The van der Waals surface area contributed by atoms with Gasteiger partial charge in [-0.1, -0.05) is 69.5 Å². The third kappa shape index (κ3) is 2.92. The molecule has 1 aliphatic carbocycles. The predicted octanol–water partition coefficient (Wildman–Crippen LogP) is 5.11. The maximum absolute atomic E-state index is 13.9. The number of para-hydroxylation sites is 1. The van der Waals surface area contributed by atoms with Crippen molar-refractivity contribution in [3.8, 4) is 0 Å². The Morgan fingerprint density at radius 3 is 2.29 bits per heavy atom. The van der Waals surface area contributed by atoms with E-state index in [-0.39, 0.29) is 21.8 Å². The summed E-state index contributed by atoms with van der Waals surface area (Å²) < 4.78 is 6.91. The van der Waals surface area contributed by atoms with Crippen molar-refractivity contribution < 1.29 is 23.9 Å². The Morgan fingerprint density at radius 1 is 0.886 bits per heavy atom. The third-order valence-electron chi connectivity index (χ3n) is 7.07. The van der Waals surface area contributed by atoms with Gasteiger partial charge in [-0.2, -0.15) is 0 Å². The highest BCUT2D eigenvalue weighted by molar-refractivity contribution is 9.10. The molecule has 2 saturated heterocycles. The van der Waals surface area contributed by atoms with Crippen LogP contribution in [0, 0.1) is 18.8 Å². The van der Waals surface area contributed by atoms with Crippen LogP contribution in [-0.4, -0.2) is 29.0 Å². The second kappa shape index (κ2) is 7.68. The summed E-state index contributed by atoms with van der Waals surface area (Å²) in [5.41, 5.74) is 0.0558. The molecule has 2 amide bonds. The lowest BCUT2D eigenvalue weighted by Crippen LogP contribution is -2.51. The Labute approximate surface area is 214 Å². The molecule has 4 unspecified atom stereocenters. The molecule has 6 nitrogen and oxygen atoms in total. The molecule has 0 aromatic heterocycles. The van der Waals surface area contributed by atoms with Gasteiger partial charge in [0.25, 0.3) is 0 Å². The number of ketones is 2. The summed E-state index contributed by atoms with van der Waals surface area (Å²) in [5, 5.41) is 0.215. The fraction of sp³-hybridized carbons (Fsp3) is 0.185. The van der Waals surface area contributed by atoms with E-state index in [1.807, 2.05) is 19.1 Å². The molecule has 8 heteroatoms. The zero-order chi connectivity index (χ0) is 24.6. The molecular formula is C27H17BrClNO5. The number of imide groups is 1. The zero-order valence-corrected chi connectivity index (χ0v) is 20.7. The average molecular weight is 551 g/mol. The number of rotatable bonds is 2. The van der Waals surface area contributed by atoms with Crippen LogP contribution in [0.3, 0.4) is 0 Å². The summed E-state index contributed by atoms with van der Waals surface area (Å²) in [5.74, 6) is -4.80. The van der Waals surface area contributed by atoms with Gasteiger partial charge in [0.1, 0.15) is 0 Å². The second-order valence-corrected chi connectivity index (χ2v) is 10.3. The summed E-state index contributed by atoms with van der Waals surface area (Å²) >= 11 is 9.69. The van der Waals surface area contributed by atoms with Gasteiger partial charge in [0, 0.05) is 15.6 Å². The first-order valence-corrected chi connectivity index (χ1v) is 12.2. The quantitative estimate of drug-likeness (QED) is 0.327. The molecule has 0 bridgehead atoms. The van der Waals surface area contributed by atoms with Crippen LogP contribution in [0.1, 0.15) is 37.9 Å². The summed E-state index contributed by atoms with van der Waals surface area (Å²) in [6.07, 6.45) is -0.963. The number of aryl methyl sites for hydroxylation is 1. The van der Waals surface area contributed by atoms with Gasteiger partial charge in [-0.3, -0.25) is 19.2 Å². The predicted molar refractivity (Wildman–Crippen MR) is 131 cm³/mol. The van der Waals surface area contributed by atoms with E-state index in [2.05, 4.69) is 15.9 Å². The lowest BCUT2D eigenvalue weighted by atomic mass is 9.77. The van der Waals surface area contributed by atoms with Crippen LogP contribution in [0.5, 0.6) is 0 Å². The minimum absolute atomic E-state index is 0.170. The van der Waals surface area contributed by atoms with Gasteiger partial charge in [-0.05, 0) is 42.8 Å². The van der Waals surface area contributed by atoms with Crippen molar-refractivity contribution in [2.45, 2.75) is 18.6 Å². The minimum Gasteiger partial charge on any atom is -0.349 e. The van der Waals surface area contributed by atoms with Gasteiger partial charge in [0.2, 0.25) is 29.0 Å². The summed E-state index contributed by atoms with van der Waals surface area (Å²) in [4.78, 5) is 56.4. The number of carbonyl (C=O) groups is 4. The maximum Gasteiger partial charge on any atom is 0.241 e. The maximum atomic E-state index is 13.9. The molecule has 1 spiro atoms. The van der Waals surface area contributed by atoms with E-state index in [1.54, 1.807) is 54.6 Å². The van der Waals surface area contributed by atoms with Crippen molar-refractivity contribution in [2.75, 3.05) is 4.90 Å². The van der Waals surface area contributed by atoms with Crippen molar-refractivity contribution >= 4 is 56.6 Å². The Balaban J connectivity index is 1.56. The number of amides is 2. The largest absolute Gasteiger partial charge is 0.349 e. The Morgan fingerprint density at radius 2 is 1.57 bits per heavy atom. The molecule has 174 valence electrons. The van der Waals surface area contributed by atoms with Crippen LogP contribution >= 0.6 is 27.5 Å². The smallest absolute Gasteiger partial charge is 0.241 e. The van der Waals surface area contributed by atoms with Crippen molar-refractivity contribution in [1.29, 1.82) is 0 Å². The van der Waals surface area contributed by atoms with E-state index >= 15 is 0 Å². The van der Waals surface area contributed by atoms with Crippen molar-refractivity contribution in [3.05, 3.63) is 98.5 Å². The Bertz CT molecular complexity index is 1470. The number of hydrogen-bond donors (Lipinski definition) is 0. The van der Waals surface area contributed by atoms with Crippen LogP contribution in [0.15, 0.2) is 71.2 Å². The SMILES string of the molecule is Cc1ccc(C2OC3(C(=O)c4ccc(Br)cc4C3=O)C3C(=O)N(c4ccccc4Cl)C(=O)C23)cc1. The lowest BCUT2D eigenvalue weighted by molar-refractivity contribution is -0.127. The number of benzene rings is 3. The van der Waals surface area contributed by atoms with Crippen LogP contribution in [0.25, 0.3) is 0 Å². The molecule has 35 heavy (non-hydrogen) atoms. The molecule has 0 N–H and O–H groups in total. The molecule has 2 heterocycles. The normalized spacial score (nSPS) is 27.2. The van der Waals surface area contributed by atoms with Crippen LogP contribution in [-0.2, 0) is 14.3 Å². The first-order chi connectivity index (χ1) is 16.8. The molecule has 4 atom stereocenters. The first kappa shape index (κ1) is 22.3. The topological polar surface area (TPSA) is 80.8 Å². The molecule has 0 radical (unpaired) electrons. The number of nitrogens with zero attached hydrogens (tertiary/aromatic N) is 1. The molecule has 2 aliphatic heterocycles. The molecule has 3 aliphatic rings. The van der Waals surface area contributed by atoms with E-state index in [0.717, 1.165) is 10.5 Å². The number of fused-ring (bicyclic) bond motifs is 3. The highest BCUT2D eigenvalue weighted by Crippen LogP contribution is 2.58. The standard InChI is InChI=1S/C27H17BrClNO5/c1-13-6-8-14(9-7-13)22-20-21(26(34)30(25(20)33)19-5-3-2-4-18(19)29)27(35-22)23(31)16-11-10-15(28)12-17(16)24(27)32/h2-12,20-22H,1H3. The zero-order valence-electron chi connectivity index (χ0n) is 18.3. The van der Waals surface area contributed by atoms with E-state index < -0.39 is 46.9 Å². The second-order valence-electron chi connectivity index (χ2n) is 9.00. The van der Waals surface area contributed by atoms with E-state index in [0.29, 0.717) is 10.0 Å². The monoisotopic (exact) mass is 549 g/mol. The molecule has 6 rings (SSSR count). The molecular weight excluding hydrogens is 534 g/mol. The fourth-order valence-electron chi connectivity index (χ4n) is 5.47. The van der Waals surface area contributed by atoms with Crippen molar-refractivity contribution in [3.63, 3.8) is 0 Å². The molecule has 2 fully saturated rings. The van der Waals surface area contributed by atoms with Crippen molar-refractivity contribution in [2.24, 2.45) is 11.8 Å². The van der Waals surface area contributed by atoms with E-state index in [4.69, 9.17) is 16.3 Å². The van der Waals surface area contributed by atoms with Crippen LogP contribution in [0.2, 0.25) is 5.02 Å². The fourth-order valence-corrected chi connectivity index (χ4v) is 6.05. The number of Topliss-reactive ketones (excluding diaryl/α,β-unsaturated/α-hetero) is 2. The van der Waals surface area contributed by atoms with E-state index in [9.17, 15) is 19.2 Å².